The van der Waals surface area contributed by atoms with Crippen molar-refractivity contribution >= 4 is 35.2 Å². The van der Waals surface area contributed by atoms with Gasteiger partial charge in [-0.05, 0) is 38.0 Å². The van der Waals surface area contributed by atoms with Gasteiger partial charge in [0.1, 0.15) is 11.6 Å². The lowest BCUT2D eigenvalue weighted by Crippen LogP contribution is -2.42. The number of amides is 2. The lowest BCUT2D eigenvalue weighted by molar-refractivity contribution is -0.148. The monoisotopic (exact) mass is 457 g/mol. The predicted octanol–water partition coefficient (Wildman–Crippen LogP) is 1.75. The smallest absolute Gasteiger partial charge is 0.310 e. The number of nitrogens with zero attached hydrogens (tertiary/aromatic N) is 2. The third-order valence-electron chi connectivity index (χ3n) is 5.69. The second kappa shape index (κ2) is 9.39. The van der Waals surface area contributed by atoms with Crippen molar-refractivity contribution in [3.8, 4) is 0 Å². The number of benzene rings is 1. The zero-order valence-corrected chi connectivity index (χ0v) is 18.0. The standard InChI is InChI=1S/C22H24FN5O5/c1-2-33-21(32)12-5-4-8-28(11-12)22-26-18-17(20(31)27-22)15(10-16(29)25-18)19(30)24-14-7-3-6-13(23)9-14/h3,6-7,9,12,15H,2,4-5,8,10-11H2,1H3,(H,24,30)(H2,25,26,27,29,31)/t12-,15+/m0/s1. The Bertz CT molecular complexity index is 1150. The first-order valence-electron chi connectivity index (χ1n) is 10.8. The number of rotatable bonds is 5. The Morgan fingerprint density at radius 2 is 2.15 bits per heavy atom. The van der Waals surface area contributed by atoms with Crippen LogP contribution < -0.4 is 21.1 Å². The van der Waals surface area contributed by atoms with Gasteiger partial charge in [0.25, 0.3) is 5.56 Å². The average molecular weight is 457 g/mol. The van der Waals surface area contributed by atoms with Gasteiger partial charge in [-0.25, -0.2) is 4.39 Å². The van der Waals surface area contributed by atoms with E-state index in [0.29, 0.717) is 25.9 Å². The largest absolute Gasteiger partial charge is 0.466 e. The molecule has 174 valence electrons. The van der Waals surface area contributed by atoms with Crippen molar-refractivity contribution in [1.82, 2.24) is 9.97 Å². The molecule has 1 aromatic heterocycles. The normalized spacial score (nSPS) is 19.9. The number of hydrogen-bond acceptors (Lipinski definition) is 7. The van der Waals surface area contributed by atoms with Gasteiger partial charge in [-0.2, -0.15) is 4.98 Å². The zero-order chi connectivity index (χ0) is 23.5. The second-order valence-corrected chi connectivity index (χ2v) is 7.99. The molecule has 2 aromatic rings. The van der Waals surface area contributed by atoms with E-state index in [2.05, 4.69) is 20.6 Å². The fourth-order valence-corrected chi connectivity index (χ4v) is 4.15. The first-order chi connectivity index (χ1) is 15.9. The topological polar surface area (TPSA) is 133 Å². The van der Waals surface area contributed by atoms with E-state index < -0.39 is 29.1 Å². The van der Waals surface area contributed by atoms with E-state index in [1.54, 1.807) is 11.8 Å². The highest BCUT2D eigenvalue weighted by atomic mass is 19.1. The van der Waals surface area contributed by atoms with Crippen molar-refractivity contribution < 1.29 is 23.5 Å². The summed E-state index contributed by atoms with van der Waals surface area (Å²) in [7, 11) is 0. The van der Waals surface area contributed by atoms with E-state index in [0.717, 1.165) is 6.07 Å². The molecule has 0 saturated carbocycles. The summed E-state index contributed by atoms with van der Waals surface area (Å²) in [5, 5.41) is 5.11. The number of ether oxygens (including phenoxy) is 1. The van der Waals surface area contributed by atoms with E-state index in [1.807, 2.05) is 0 Å². The highest BCUT2D eigenvalue weighted by Crippen LogP contribution is 2.31. The fraction of sp³-hybridized carbons (Fsp3) is 0.409. The number of carbonyl (C=O) groups excluding carboxylic acids is 3. The Balaban J connectivity index is 1.59. The van der Waals surface area contributed by atoms with Crippen LogP contribution in [-0.2, 0) is 19.1 Å². The molecule has 1 fully saturated rings. The number of esters is 1. The molecule has 0 radical (unpaired) electrons. The molecule has 2 aliphatic rings. The number of H-pyrrole nitrogens is 1. The fourth-order valence-electron chi connectivity index (χ4n) is 4.15. The molecule has 3 heterocycles. The van der Waals surface area contributed by atoms with Crippen molar-refractivity contribution in [1.29, 1.82) is 0 Å². The van der Waals surface area contributed by atoms with Gasteiger partial charge >= 0.3 is 5.97 Å². The van der Waals surface area contributed by atoms with E-state index in [4.69, 9.17) is 4.74 Å². The Morgan fingerprint density at radius 3 is 2.91 bits per heavy atom. The molecule has 0 spiro atoms. The quantitative estimate of drug-likeness (QED) is 0.583. The van der Waals surface area contributed by atoms with Crippen LogP contribution in [0.25, 0.3) is 0 Å². The van der Waals surface area contributed by atoms with Gasteiger partial charge < -0.3 is 20.3 Å². The second-order valence-electron chi connectivity index (χ2n) is 7.99. The maximum absolute atomic E-state index is 13.5. The van der Waals surface area contributed by atoms with Gasteiger partial charge in [-0.15, -0.1) is 0 Å². The molecule has 3 N–H and O–H groups in total. The van der Waals surface area contributed by atoms with Gasteiger partial charge in [0.2, 0.25) is 17.8 Å². The van der Waals surface area contributed by atoms with E-state index in [9.17, 15) is 23.6 Å². The van der Waals surface area contributed by atoms with Crippen LogP contribution in [0.2, 0.25) is 0 Å². The predicted molar refractivity (Wildman–Crippen MR) is 117 cm³/mol. The van der Waals surface area contributed by atoms with Gasteiger partial charge in [0.15, 0.2) is 0 Å². The van der Waals surface area contributed by atoms with E-state index in [1.165, 1.54) is 18.2 Å². The number of hydrogen-bond donors (Lipinski definition) is 3. The minimum absolute atomic E-state index is 0.00245. The van der Waals surface area contributed by atoms with E-state index in [-0.39, 0.29) is 47.9 Å². The first kappa shape index (κ1) is 22.4. The number of anilines is 3. The van der Waals surface area contributed by atoms with Crippen LogP contribution in [0.1, 0.15) is 37.7 Å². The lowest BCUT2D eigenvalue weighted by Gasteiger charge is -2.32. The lowest BCUT2D eigenvalue weighted by atomic mass is 9.92. The molecule has 0 bridgehead atoms. The molecule has 1 aromatic carbocycles. The maximum atomic E-state index is 13.5. The van der Waals surface area contributed by atoms with Crippen LogP contribution in [0.5, 0.6) is 0 Å². The molecule has 2 amide bonds. The number of aromatic amines is 1. The molecular formula is C22H24FN5O5. The number of halogens is 1. The molecule has 2 atom stereocenters. The number of nitrogens with one attached hydrogen (secondary N) is 3. The number of fused-ring (bicyclic) bond motifs is 1. The SMILES string of the molecule is CCOC(=O)[C@H]1CCCN(c2nc3c(c(=O)[nH]2)[C@H](C(=O)Nc2cccc(F)c2)CC(=O)N3)C1. The van der Waals surface area contributed by atoms with Crippen LogP contribution in [0, 0.1) is 11.7 Å². The summed E-state index contributed by atoms with van der Waals surface area (Å²) in [6.07, 6.45) is 1.13. The van der Waals surface area contributed by atoms with Gasteiger partial charge in [0, 0.05) is 25.2 Å². The van der Waals surface area contributed by atoms with Gasteiger partial charge in [-0.3, -0.25) is 24.2 Å². The Hall–Kier alpha value is -3.76. The molecule has 0 aliphatic carbocycles. The molecule has 2 aliphatic heterocycles. The van der Waals surface area contributed by atoms with Crippen LogP contribution in [0.15, 0.2) is 29.1 Å². The summed E-state index contributed by atoms with van der Waals surface area (Å²) in [5.41, 5.74) is -0.314. The molecule has 33 heavy (non-hydrogen) atoms. The Morgan fingerprint density at radius 1 is 1.33 bits per heavy atom. The highest BCUT2D eigenvalue weighted by molar-refractivity contribution is 6.04. The summed E-state index contributed by atoms with van der Waals surface area (Å²) in [6.45, 7) is 2.91. The zero-order valence-electron chi connectivity index (χ0n) is 18.0. The number of carbonyl (C=O) groups is 3. The molecule has 0 unspecified atom stereocenters. The number of aromatic nitrogens is 2. The van der Waals surface area contributed by atoms with Crippen molar-refractivity contribution in [3.63, 3.8) is 0 Å². The van der Waals surface area contributed by atoms with Crippen molar-refractivity contribution in [3.05, 3.63) is 46.0 Å². The summed E-state index contributed by atoms with van der Waals surface area (Å²) in [5.74, 6) is -3.13. The minimum atomic E-state index is -1.09. The number of piperidine rings is 1. The molecule has 11 heteroatoms. The molecule has 10 nitrogen and oxygen atoms in total. The molecule has 4 rings (SSSR count). The maximum Gasteiger partial charge on any atom is 0.310 e. The van der Waals surface area contributed by atoms with Crippen LogP contribution in [0.3, 0.4) is 0 Å². The minimum Gasteiger partial charge on any atom is -0.466 e. The van der Waals surface area contributed by atoms with Crippen molar-refractivity contribution in [2.45, 2.75) is 32.1 Å². The third-order valence-corrected chi connectivity index (χ3v) is 5.69. The first-order valence-corrected chi connectivity index (χ1v) is 10.8. The van der Waals surface area contributed by atoms with Crippen LogP contribution in [-0.4, -0.2) is 47.4 Å². The third kappa shape index (κ3) is 4.86. The Labute approximate surface area is 188 Å². The van der Waals surface area contributed by atoms with Crippen molar-refractivity contribution in [2.24, 2.45) is 5.92 Å². The molecule has 1 saturated heterocycles. The van der Waals surface area contributed by atoms with E-state index >= 15 is 0 Å². The van der Waals surface area contributed by atoms with Crippen molar-refractivity contribution in [2.75, 3.05) is 35.2 Å². The highest BCUT2D eigenvalue weighted by Gasteiger charge is 2.36. The summed E-state index contributed by atoms with van der Waals surface area (Å²) < 4.78 is 18.6. The van der Waals surface area contributed by atoms with Crippen LogP contribution in [0.4, 0.5) is 21.8 Å². The summed E-state index contributed by atoms with van der Waals surface area (Å²) in [6, 6.07) is 5.33. The molecular weight excluding hydrogens is 433 g/mol. The average Bonchev–Trinajstić information content (AvgIpc) is 2.78. The van der Waals surface area contributed by atoms with Crippen LogP contribution >= 0.6 is 0 Å². The van der Waals surface area contributed by atoms with Gasteiger partial charge in [0.05, 0.1) is 24.0 Å². The summed E-state index contributed by atoms with van der Waals surface area (Å²) >= 11 is 0. The summed E-state index contributed by atoms with van der Waals surface area (Å²) in [4.78, 5) is 59.1. The van der Waals surface area contributed by atoms with Gasteiger partial charge in [-0.1, -0.05) is 6.07 Å². The Kier molecular flexibility index (Phi) is 6.38.